The summed E-state index contributed by atoms with van der Waals surface area (Å²) < 4.78 is 0. The molecule has 0 aromatic rings. The average molecular weight is 173 g/mol. The molecule has 0 aromatic heterocycles. The summed E-state index contributed by atoms with van der Waals surface area (Å²) >= 11 is 0. The van der Waals surface area contributed by atoms with Gasteiger partial charge < -0.3 is 13.7 Å². The molecule has 3 N–H and O–H groups in total. The Balaban J connectivity index is -0.000000107. The molecule has 58 valence electrons. The quantitative estimate of drug-likeness (QED) is 0.606. The van der Waals surface area contributed by atoms with Gasteiger partial charge in [-0.15, -0.1) is 0 Å². The molecular weight excluding hydrogens is 158 g/mol. The molecule has 0 aliphatic rings. The van der Waals surface area contributed by atoms with Crippen LogP contribution in [0.3, 0.4) is 0 Å². The van der Waals surface area contributed by atoms with Gasteiger partial charge in [0.25, 0.3) is 0 Å². The van der Waals surface area contributed by atoms with E-state index >= 15 is 0 Å². The van der Waals surface area contributed by atoms with Gasteiger partial charge in [-0.3, -0.25) is 4.79 Å². The van der Waals surface area contributed by atoms with Crippen molar-refractivity contribution in [2.75, 3.05) is 0 Å². The number of hydrogen-bond donors (Lipinski definition) is 2. The maximum absolute atomic E-state index is 10.1. The average Bonchev–Trinajstić information content (AvgIpc) is 1.82. The monoisotopic (exact) mass is 173 g/mol. The van der Waals surface area contributed by atoms with Crippen LogP contribution >= 0.6 is 0 Å². The normalized spacial score (nSPS) is 11.8. The third kappa shape index (κ3) is 6.80. The molecule has 0 aliphatic carbocycles. The molecule has 0 saturated carbocycles. The van der Waals surface area contributed by atoms with E-state index in [2.05, 4.69) is 0 Å². The molecule has 0 rings (SSSR count). The van der Waals surface area contributed by atoms with Crippen LogP contribution in [0.5, 0.6) is 0 Å². The minimum Gasteiger partial charge on any atom is -1.00 e. The van der Waals surface area contributed by atoms with Crippen molar-refractivity contribution in [3.63, 3.8) is 0 Å². The Morgan fingerprint density at radius 3 is 2.60 bits per heavy atom. The van der Waals surface area contributed by atoms with Gasteiger partial charge in [0.15, 0.2) is 0 Å². The Bertz CT molecular complexity index is 106. The fourth-order valence-electron chi connectivity index (χ4n) is 0.548. The number of nitrogens with two attached hydrogens (primary N) is 1. The van der Waals surface area contributed by atoms with Crippen LogP contribution in [0.15, 0.2) is 0 Å². The van der Waals surface area contributed by atoms with Crippen LogP contribution in [0.25, 0.3) is 0 Å². The first-order valence-corrected chi connectivity index (χ1v) is 3.17. The van der Waals surface area contributed by atoms with Crippen LogP contribution in [0.4, 0.5) is 0 Å². The zero-order valence-corrected chi connectivity index (χ0v) is 8.55. The molecule has 0 aromatic carbocycles. The molecule has 0 fully saturated rings. The van der Waals surface area contributed by atoms with E-state index in [1.807, 2.05) is 6.92 Å². The van der Waals surface area contributed by atoms with E-state index in [1.165, 1.54) is 0 Å². The Kier molecular flexibility index (Phi) is 10.4. The summed E-state index contributed by atoms with van der Waals surface area (Å²) in [7, 11) is 0. The van der Waals surface area contributed by atoms with Crippen molar-refractivity contribution in [3.8, 4) is 0 Å². The van der Waals surface area contributed by atoms with Gasteiger partial charge in [-0.2, -0.15) is 0 Å². The van der Waals surface area contributed by atoms with Crippen molar-refractivity contribution in [1.29, 1.82) is 0 Å². The zero-order valence-electron chi connectivity index (χ0n) is 8.34. The third-order valence-electron chi connectivity index (χ3n) is 1.19. The molecule has 0 heterocycles. The Morgan fingerprint density at radius 1 is 1.80 bits per heavy atom. The van der Waals surface area contributed by atoms with Crippen molar-refractivity contribution in [2.24, 2.45) is 5.73 Å². The van der Waals surface area contributed by atoms with Crippen molar-refractivity contribution in [3.05, 3.63) is 0 Å². The number of carbonyl (C=O) groups is 1. The summed E-state index contributed by atoms with van der Waals surface area (Å²) in [6.07, 6.45) is 2.49. The van der Waals surface area contributed by atoms with E-state index in [4.69, 9.17) is 10.8 Å². The topological polar surface area (TPSA) is 63.3 Å². The minimum absolute atomic E-state index is 0. The SMILES string of the molecule is CCCCC(N)C(=O)O.[Ca+2].[H-].[H-]. The van der Waals surface area contributed by atoms with Gasteiger partial charge in [0, 0.05) is 0 Å². The molecule has 0 spiro atoms. The summed E-state index contributed by atoms with van der Waals surface area (Å²) in [5.41, 5.74) is 5.20. The maximum atomic E-state index is 10.1. The van der Waals surface area contributed by atoms with Gasteiger partial charge in [-0.1, -0.05) is 19.8 Å². The number of hydrogen-bond acceptors (Lipinski definition) is 2. The molecule has 0 saturated heterocycles. The first-order valence-electron chi connectivity index (χ1n) is 3.17. The molecule has 0 bridgehead atoms. The zero-order chi connectivity index (χ0) is 7.28. The number of rotatable bonds is 4. The van der Waals surface area contributed by atoms with E-state index in [1.54, 1.807) is 0 Å². The standard InChI is InChI=1S/C6H13NO2.Ca.2H/c1-2-3-4-5(7)6(8)9;;;/h5H,2-4,7H2,1H3,(H,8,9);;;/q;+2;2*-1. The number of carboxylic acid groups (broad SMARTS) is 1. The molecule has 0 aliphatic heterocycles. The Morgan fingerprint density at radius 2 is 2.30 bits per heavy atom. The smallest absolute Gasteiger partial charge is 1.00 e. The van der Waals surface area contributed by atoms with Crippen LogP contribution < -0.4 is 5.73 Å². The van der Waals surface area contributed by atoms with Gasteiger partial charge >= 0.3 is 43.7 Å². The fraction of sp³-hybridized carbons (Fsp3) is 0.833. The first kappa shape index (κ1) is 13.3. The molecule has 10 heavy (non-hydrogen) atoms. The molecule has 1 atom stereocenters. The van der Waals surface area contributed by atoms with Crippen molar-refractivity contribution >= 4 is 43.7 Å². The van der Waals surface area contributed by atoms with Crippen LogP contribution in [0, 0.1) is 0 Å². The van der Waals surface area contributed by atoms with E-state index in [-0.39, 0.29) is 40.6 Å². The van der Waals surface area contributed by atoms with Gasteiger partial charge in [-0.05, 0) is 6.42 Å². The predicted octanol–water partition coefficient (Wildman–Crippen LogP) is 0.433. The van der Waals surface area contributed by atoms with E-state index in [0.717, 1.165) is 12.8 Å². The van der Waals surface area contributed by atoms with Crippen LogP contribution in [0.2, 0.25) is 0 Å². The first-order chi connectivity index (χ1) is 4.18. The molecule has 0 radical (unpaired) electrons. The number of unbranched alkanes of at least 4 members (excludes halogenated alkanes) is 1. The molecule has 3 nitrogen and oxygen atoms in total. The number of carboxylic acids is 1. The van der Waals surface area contributed by atoms with Gasteiger partial charge in [0.1, 0.15) is 6.04 Å². The third-order valence-corrected chi connectivity index (χ3v) is 1.19. The minimum atomic E-state index is -0.900. The van der Waals surface area contributed by atoms with Crippen LogP contribution in [-0.4, -0.2) is 54.9 Å². The van der Waals surface area contributed by atoms with E-state index in [0.29, 0.717) is 6.42 Å². The molecule has 4 heteroatoms. The van der Waals surface area contributed by atoms with E-state index in [9.17, 15) is 4.79 Å². The second-order valence-corrected chi connectivity index (χ2v) is 2.09. The van der Waals surface area contributed by atoms with Gasteiger partial charge in [-0.25, -0.2) is 0 Å². The number of aliphatic carboxylic acids is 1. The summed E-state index contributed by atoms with van der Waals surface area (Å²) in [6.45, 7) is 2.01. The molecular formula is C6H15CaNO2. The van der Waals surface area contributed by atoms with Gasteiger partial charge in [0.05, 0.1) is 0 Å². The Hall–Kier alpha value is 0.690. The summed E-state index contributed by atoms with van der Waals surface area (Å²) in [5.74, 6) is -0.900. The second kappa shape index (κ2) is 7.79. The summed E-state index contributed by atoms with van der Waals surface area (Å²) in [6, 6.07) is -0.662. The van der Waals surface area contributed by atoms with Crippen molar-refractivity contribution in [2.45, 2.75) is 32.2 Å². The summed E-state index contributed by atoms with van der Waals surface area (Å²) in [4.78, 5) is 10.1. The molecule has 0 amide bonds. The maximum Gasteiger partial charge on any atom is 2.00 e. The molecule has 1 unspecified atom stereocenters. The fourth-order valence-corrected chi connectivity index (χ4v) is 0.548. The summed E-state index contributed by atoms with van der Waals surface area (Å²) in [5, 5.41) is 8.28. The van der Waals surface area contributed by atoms with Crippen molar-refractivity contribution < 1.29 is 12.8 Å². The van der Waals surface area contributed by atoms with E-state index < -0.39 is 12.0 Å². The Labute approximate surface area is 93.9 Å². The van der Waals surface area contributed by atoms with Crippen LogP contribution in [-0.2, 0) is 4.79 Å². The largest absolute Gasteiger partial charge is 2.00 e. The van der Waals surface area contributed by atoms with Gasteiger partial charge in [0.2, 0.25) is 0 Å². The van der Waals surface area contributed by atoms with Crippen molar-refractivity contribution in [1.82, 2.24) is 0 Å². The van der Waals surface area contributed by atoms with Crippen LogP contribution in [0.1, 0.15) is 29.0 Å². The predicted molar refractivity (Wildman–Crippen MR) is 43.1 cm³/mol. The second-order valence-electron chi connectivity index (χ2n) is 2.09.